The van der Waals surface area contributed by atoms with Crippen molar-refractivity contribution in [2.75, 3.05) is 26.1 Å². The van der Waals surface area contributed by atoms with Crippen molar-refractivity contribution in [3.05, 3.63) is 78.2 Å². The van der Waals surface area contributed by atoms with Gasteiger partial charge < -0.3 is 9.64 Å². The van der Waals surface area contributed by atoms with Crippen LogP contribution >= 0.6 is 11.3 Å². The van der Waals surface area contributed by atoms with E-state index in [1.54, 1.807) is 11.5 Å². The monoisotopic (exact) mass is 465 g/mol. The van der Waals surface area contributed by atoms with E-state index in [-0.39, 0.29) is 5.56 Å². The second-order valence-corrected chi connectivity index (χ2v) is 9.09. The Labute approximate surface area is 195 Å². The van der Waals surface area contributed by atoms with Crippen LogP contribution in [0.1, 0.15) is 36.7 Å². The van der Waals surface area contributed by atoms with Crippen molar-refractivity contribution in [3.63, 3.8) is 0 Å². The number of aromatic nitrogens is 3. The third-order valence-corrected chi connectivity index (χ3v) is 6.73. The predicted octanol–water partition coefficient (Wildman–Crippen LogP) is 2.00. The first-order valence-electron chi connectivity index (χ1n) is 10.7. The molecule has 0 spiro atoms. The molecule has 1 aliphatic heterocycles. The van der Waals surface area contributed by atoms with Crippen LogP contribution in [0.25, 0.3) is 6.08 Å². The molecule has 1 aliphatic rings. The van der Waals surface area contributed by atoms with E-state index >= 15 is 0 Å². The van der Waals surface area contributed by atoms with Gasteiger partial charge >= 0.3 is 5.97 Å². The van der Waals surface area contributed by atoms with Crippen molar-refractivity contribution < 1.29 is 9.53 Å². The Morgan fingerprint density at radius 3 is 2.52 bits per heavy atom. The van der Waals surface area contributed by atoms with E-state index in [2.05, 4.69) is 10.1 Å². The highest BCUT2D eigenvalue weighted by atomic mass is 32.1. The number of anilines is 1. The summed E-state index contributed by atoms with van der Waals surface area (Å²) in [7, 11) is 5.27. The van der Waals surface area contributed by atoms with E-state index in [1.165, 1.54) is 18.4 Å². The molecule has 0 radical (unpaired) electrons. The first-order valence-corrected chi connectivity index (χ1v) is 11.5. The van der Waals surface area contributed by atoms with Crippen molar-refractivity contribution >= 4 is 29.1 Å². The fourth-order valence-electron chi connectivity index (χ4n) is 3.94. The highest BCUT2D eigenvalue weighted by Gasteiger charge is 2.33. The lowest BCUT2D eigenvalue weighted by atomic mass is 9.95. The zero-order chi connectivity index (χ0) is 23.9. The van der Waals surface area contributed by atoms with Gasteiger partial charge in [0.1, 0.15) is 0 Å². The van der Waals surface area contributed by atoms with Crippen molar-refractivity contribution in [3.8, 4) is 0 Å². The van der Waals surface area contributed by atoms with Crippen molar-refractivity contribution in [1.82, 2.24) is 14.3 Å². The Kier molecular flexibility index (Phi) is 6.07. The van der Waals surface area contributed by atoms with E-state index in [9.17, 15) is 9.59 Å². The minimum Gasteiger partial charge on any atom is -0.466 e. The number of hydrogen-bond acceptors (Lipinski definition) is 7. The topological polar surface area (TPSA) is 81.7 Å². The maximum absolute atomic E-state index is 13.6. The van der Waals surface area contributed by atoms with Gasteiger partial charge in [-0.25, -0.2) is 9.79 Å². The first-order chi connectivity index (χ1) is 15.7. The van der Waals surface area contributed by atoms with Crippen LogP contribution in [-0.4, -0.2) is 41.5 Å². The van der Waals surface area contributed by atoms with Gasteiger partial charge in [0.2, 0.25) is 0 Å². The van der Waals surface area contributed by atoms with Gasteiger partial charge in [0.05, 0.1) is 34.6 Å². The summed E-state index contributed by atoms with van der Waals surface area (Å²) in [5.74, 6) is -0.493. The fraction of sp³-hybridized carbons (Fsp3) is 0.333. The normalized spacial score (nSPS) is 15.9. The van der Waals surface area contributed by atoms with E-state index in [1.807, 2.05) is 74.1 Å². The Bertz CT molecular complexity index is 1420. The van der Waals surface area contributed by atoms with E-state index < -0.39 is 12.0 Å². The van der Waals surface area contributed by atoms with E-state index in [4.69, 9.17) is 4.74 Å². The maximum Gasteiger partial charge on any atom is 0.338 e. The van der Waals surface area contributed by atoms with Gasteiger partial charge in [-0.1, -0.05) is 23.5 Å². The molecular formula is C24H27N5O3S. The quantitative estimate of drug-likeness (QED) is 0.539. The first kappa shape index (κ1) is 22.7. The summed E-state index contributed by atoms with van der Waals surface area (Å²) < 4.78 is 9.05. The third kappa shape index (κ3) is 4.04. The van der Waals surface area contributed by atoms with Crippen molar-refractivity contribution in [1.29, 1.82) is 0 Å². The standard InChI is InChI=1S/C24H27N5O3S/c1-7-28-13-17(14(2)26-28)12-19-22(30)29-21(16-8-10-18(11-9-16)27(4)5)20(23(31)32-6)15(3)25-24(29)33-19/h8-13,21H,7H2,1-6H3/b19-12+/t21-/m1/s1. The molecule has 0 aliphatic carbocycles. The van der Waals surface area contributed by atoms with Crippen LogP contribution in [-0.2, 0) is 16.1 Å². The number of rotatable bonds is 5. The lowest BCUT2D eigenvalue weighted by Gasteiger charge is -2.25. The van der Waals surface area contributed by atoms with Gasteiger partial charge in [-0.15, -0.1) is 0 Å². The fourth-order valence-corrected chi connectivity index (χ4v) is 4.98. The lowest BCUT2D eigenvalue weighted by Crippen LogP contribution is -2.39. The molecule has 1 atom stereocenters. The Hall–Kier alpha value is -3.46. The molecule has 2 aromatic heterocycles. The number of hydrogen-bond donors (Lipinski definition) is 0. The van der Waals surface area contributed by atoms with Crippen LogP contribution < -0.4 is 19.8 Å². The summed E-state index contributed by atoms with van der Waals surface area (Å²) in [5.41, 5.74) is 4.30. The Morgan fingerprint density at radius 2 is 1.94 bits per heavy atom. The summed E-state index contributed by atoms with van der Waals surface area (Å²) >= 11 is 1.31. The van der Waals surface area contributed by atoms with E-state index in [0.717, 1.165) is 29.1 Å². The van der Waals surface area contributed by atoms with Crippen LogP contribution in [0.3, 0.4) is 0 Å². The van der Waals surface area contributed by atoms with Gasteiger partial charge in [0, 0.05) is 38.1 Å². The summed E-state index contributed by atoms with van der Waals surface area (Å²) in [5, 5.41) is 4.46. The summed E-state index contributed by atoms with van der Waals surface area (Å²) in [4.78, 5) is 33.5. The molecule has 0 unspecified atom stereocenters. The number of ether oxygens (including phenoxy) is 1. The van der Waals surface area contributed by atoms with Gasteiger partial charge in [-0.2, -0.15) is 5.10 Å². The molecule has 0 amide bonds. The molecule has 9 heteroatoms. The van der Waals surface area contributed by atoms with Gasteiger partial charge in [0.15, 0.2) is 4.80 Å². The molecule has 0 saturated carbocycles. The highest BCUT2D eigenvalue weighted by molar-refractivity contribution is 7.07. The molecule has 0 bridgehead atoms. The Morgan fingerprint density at radius 1 is 1.24 bits per heavy atom. The average molecular weight is 466 g/mol. The highest BCUT2D eigenvalue weighted by Crippen LogP contribution is 2.31. The minimum absolute atomic E-state index is 0.196. The second-order valence-electron chi connectivity index (χ2n) is 8.08. The number of thiazole rings is 1. The van der Waals surface area contributed by atoms with Gasteiger partial charge in [0.25, 0.3) is 5.56 Å². The van der Waals surface area contributed by atoms with Crippen LogP contribution in [0.2, 0.25) is 0 Å². The number of aryl methyl sites for hydroxylation is 2. The van der Waals surface area contributed by atoms with Crippen LogP contribution in [0.5, 0.6) is 0 Å². The predicted molar refractivity (Wildman–Crippen MR) is 129 cm³/mol. The number of carbonyl (C=O) groups is 1. The number of esters is 1. The SMILES string of the molecule is CCn1cc(/C=c2/sc3n(c2=O)[C@H](c2ccc(N(C)C)cc2)C(C(=O)OC)=C(C)N=3)c(C)n1. The lowest BCUT2D eigenvalue weighted by molar-refractivity contribution is -0.136. The number of fused-ring (bicyclic) bond motifs is 1. The molecule has 3 heterocycles. The van der Waals surface area contributed by atoms with Crippen LogP contribution in [0, 0.1) is 6.92 Å². The smallest absolute Gasteiger partial charge is 0.338 e. The molecular weight excluding hydrogens is 438 g/mol. The van der Waals surface area contributed by atoms with Gasteiger partial charge in [-0.3, -0.25) is 14.0 Å². The molecule has 0 N–H and O–H groups in total. The van der Waals surface area contributed by atoms with Crippen molar-refractivity contribution in [2.45, 2.75) is 33.4 Å². The molecule has 0 saturated heterocycles. The number of carbonyl (C=O) groups excluding carboxylic acids is 1. The van der Waals surface area contributed by atoms with Gasteiger partial charge in [-0.05, 0) is 44.5 Å². The summed E-state index contributed by atoms with van der Waals surface area (Å²) in [6.07, 6.45) is 3.78. The van der Waals surface area contributed by atoms with Crippen molar-refractivity contribution in [2.24, 2.45) is 4.99 Å². The third-order valence-electron chi connectivity index (χ3n) is 5.75. The molecule has 4 rings (SSSR count). The van der Waals surface area contributed by atoms with Crippen LogP contribution in [0.15, 0.2) is 51.5 Å². The number of allylic oxidation sites excluding steroid dienone is 1. The Balaban J connectivity index is 1.94. The summed E-state index contributed by atoms with van der Waals surface area (Å²) in [6, 6.07) is 7.20. The second kappa shape index (κ2) is 8.82. The number of nitrogens with zero attached hydrogens (tertiary/aromatic N) is 5. The van der Waals surface area contributed by atoms with Crippen LogP contribution in [0.4, 0.5) is 5.69 Å². The zero-order valence-electron chi connectivity index (χ0n) is 19.6. The minimum atomic E-state index is -0.619. The average Bonchev–Trinajstić information content (AvgIpc) is 3.31. The molecule has 172 valence electrons. The largest absolute Gasteiger partial charge is 0.466 e. The summed E-state index contributed by atoms with van der Waals surface area (Å²) in [6.45, 7) is 6.47. The molecule has 8 nitrogen and oxygen atoms in total. The molecule has 33 heavy (non-hydrogen) atoms. The number of benzene rings is 1. The molecule has 0 fully saturated rings. The number of methoxy groups -OCH3 is 1. The zero-order valence-corrected chi connectivity index (χ0v) is 20.4. The van der Waals surface area contributed by atoms with E-state index in [0.29, 0.717) is 20.6 Å². The molecule has 1 aromatic carbocycles. The maximum atomic E-state index is 13.6. The molecule has 3 aromatic rings.